The summed E-state index contributed by atoms with van der Waals surface area (Å²) in [6.45, 7) is 1.89. The van der Waals surface area contributed by atoms with Crippen LogP contribution in [0.1, 0.15) is 18.4 Å². The highest BCUT2D eigenvalue weighted by atomic mass is 35.5. The largest absolute Gasteiger partial charge is 0.481 e. The average molecular weight is 459 g/mol. The topological polar surface area (TPSA) is 95.5 Å². The summed E-state index contributed by atoms with van der Waals surface area (Å²) in [4.78, 5) is 37.2. The quantitative estimate of drug-likeness (QED) is 0.401. The average Bonchev–Trinajstić information content (AvgIpc) is 2.75. The molecule has 0 bridgehead atoms. The van der Waals surface area contributed by atoms with Crippen LogP contribution in [0.2, 0.25) is 5.02 Å². The number of thioether (sulfide) groups is 1. The van der Waals surface area contributed by atoms with E-state index in [-0.39, 0.29) is 17.6 Å². The van der Waals surface area contributed by atoms with Gasteiger partial charge in [0, 0.05) is 21.3 Å². The molecule has 8 heteroatoms. The predicted octanol–water partition coefficient (Wildman–Crippen LogP) is 4.98. The van der Waals surface area contributed by atoms with Crippen molar-refractivity contribution in [3.63, 3.8) is 0 Å². The second kappa shape index (κ2) is 10.5. The van der Waals surface area contributed by atoms with E-state index in [1.165, 1.54) is 11.8 Å². The Morgan fingerprint density at radius 1 is 1.06 bits per heavy atom. The summed E-state index contributed by atoms with van der Waals surface area (Å²) in [5.74, 6) is -2.57. The highest BCUT2D eigenvalue weighted by Gasteiger charge is 2.33. The zero-order valence-electron chi connectivity index (χ0n) is 16.9. The number of amides is 2. The zero-order valence-corrected chi connectivity index (χ0v) is 18.5. The maximum Gasteiger partial charge on any atom is 0.307 e. The van der Waals surface area contributed by atoms with Gasteiger partial charge in [0.25, 0.3) is 0 Å². The Hall–Kier alpha value is -2.77. The number of benzene rings is 2. The summed E-state index contributed by atoms with van der Waals surface area (Å²) in [6, 6.07) is 12.5. The molecule has 0 aromatic heterocycles. The van der Waals surface area contributed by atoms with Crippen molar-refractivity contribution in [2.24, 2.45) is 11.8 Å². The van der Waals surface area contributed by atoms with E-state index in [1.54, 1.807) is 36.4 Å². The van der Waals surface area contributed by atoms with Gasteiger partial charge in [-0.1, -0.05) is 35.9 Å². The van der Waals surface area contributed by atoms with E-state index in [1.807, 2.05) is 25.1 Å². The molecule has 0 saturated carbocycles. The summed E-state index contributed by atoms with van der Waals surface area (Å²) >= 11 is 7.33. The SMILES string of the molecule is Cc1ccc(Cl)cc1NC(=O)CSc1cccc(NC(=O)C2CC=CCC2C(=O)O)c1. The number of hydrogen-bond acceptors (Lipinski definition) is 4. The van der Waals surface area contributed by atoms with Crippen LogP contribution in [0.4, 0.5) is 11.4 Å². The number of aliphatic carboxylic acids is 1. The molecule has 3 rings (SSSR count). The normalized spacial score (nSPS) is 17.7. The van der Waals surface area contributed by atoms with Crippen LogP contribution in [0.5, 0.6) is 0 Å². The molecule has 2 amide bonds. The van der Waals surface area contributed by atoms with Gasteiger partial charge in [-0.2, -0.15) is 0 Å². The first-order chi connectivity index (χ1) is 14.8. The Bertz CT molecular complexity index is 1020. The Morgan fingerprint density at radius 2 is 1.81 bits per heavy atom. The summed E-state index contributed by atoms with van der Waals surface area (Å²) in [7, 11) is 0. The smallest absolute Gasteiger partial charge is 0.307 e. The number of carboxylic acid groups (broad SMARTS) is 1. The molecular weight excluding hydrogens is 436 g/mol. The lowest BCUT2D eigenvalue weighted by Crippen LogP contribution is -2.34. The van der Waals surface area contributed by atoms with Crippen LogP contribution in [-0.2, 0) is 14.4 Å². The second-order valence-electron chi connectivity index (χ2n) is 7.31. The molecule has 2 aromatic rings. The third kappa shape index (κ3) is 6.35. The standard InChI is InChI=1S/C23H23ClN2O4S/c1-14-9-10-15(24)11-20(14)26-21(27)13-31-17-6-4-5-16(12-17)25-22(28)18-7-2-3-8-19(18)23(29)30/h2-6,9-12,18-19H,7-8,13H2,1H3,(H,25,28)(H,26,27)(H,29,30). The Labute approximate surface area is 190 Å². The van der Waals surface area contributed by atoms with Crippen molar-refractivity contribution in [1.82, 2.24) is 0 Å². The van der Waals surface area contributed by atoms with E-state index in [4.69, 9.17) is 11.6 Å². The van der Waals surface area contributed by atoms with Gasteiger partial charge in [0.15, 0.2) is 0 Å². The van der Waals surface area contributed by atoms with Gasteiger partial charge >= 0.3 is 5.97 Å². The van der Waals surface area contributed by atoms with Gasteiger partial charge in [-0.05, 0) is 55.7 Å². The summed E-state index contributed by atoms with van der Waals surface area (Å²) in [5.41, 5.74) is 2.16. The summed E-state index contributed by atoms with van der Waals surface area (Å²) < 4.78 is 0. The Kier molecular flexibility index (Phi) is 7.76. The highest BCUT2D eigenvalue weighted by Crippen LogP contribution is 2.28. The number of halogens is 1. The first-order valence-corrected chi connectivity index (χ1v) is 11.2. The third-order valence-corrected chi connectivity index (χ3v) is 6.26. The van der Waals surface area contributed by atoms with Gasteiger partial charge in [-0.3, -0.25) is 14.4 Å². The van der Waals surface area contributed by atoms with Crippen LogP contribution in [0, 0.1) is 18.8 Å². The maximum atomic E-state index is 12.6. The minimum absolute atomic E-state index is 0.164. The number of carboxylic acids is 1. The molecule has 31 heavy (non-hydrogen) atoms. The van der Waals surface area contributed by atoms with Crippen molar-refractivity contribution in [1.29, 1.82) is 0 Å². The molecule has 0 saturated heterocycles. The number of nitrogens with one attached hydrogen (secondary N) is 2. The molecule has 0 aliphatic heterocycles. The molecule has 0 spiro atoms. The molecule has 2 atom stereocenters. The predicted molar refractivity (Wildman–Crippen MR) is 124 cm³/mol. The van der Waals surface area contributed by atoms with Crippen LogP contribution >= 0.6 is 23.4 Å². The lowest BCUT2D eigenvalue weighted by Gasteiger charge is -2.24. The number of aryl methyl sites for hydroxylation is 1. The van der Waals surface area contributed by atoms with E-state index in [9.17, 15) is 19.5 Å². The van der Waals surface area contributed by atoms with Crippen molar-refractivity contribution in [3.05, 3.63) is 65.2 Å². The minimum Gasteiger partial charge on any atom is -0.481 e. The van der Waals surface area contributed by atoms with Crippen molar-refractivity contribution >= 4 is 52.5 Å². The van der Waals surface area contributed by atoms with E-state index < -0.39 is 17.8 Å². The number of hydrogen-bond donors (Lipinski definition) is 3. The zero-order chi connectivity index (χ0) is 22.4. The van der Waals surface area contributed by atoms with E-state index in [0.29, 0.717) is 29.2 Å². The molecule has 3 N–H and O–H groups in total. The van der Waals surface area contributed by atoms with Crippen LogP contribution in [-0.4, -0.2) is 28.6 Å². The van der Waals surface area contributed by atoms with Gasteiger partial charge < -0.3 is 15.7 Å². The number of carbonyl (C=O) groups excluding carboxylic acids is 2. The fraction of sp³-hybridized carbons (Fsp3) is 0.261. The molecule has 0 radical (unpaired) electrons. The Balaban J connectivity index is 1.58. The van der Waals surface area contributed by atoms with Gasteiger partial charge in [0.05, 0.1) is 17.6 Å². The molecule has 1 aliphatic carbocycles. The van der Waals surface area contributed by atoms with Gasteiger partial charge in [-0.25, -0.2) is 0 Å². The molecule has 0 fully saturated rings. The number of rotatable bonds is 7. The van der Waals surface area contributed by atoms with Crippen molar-refractivity contribution in [2.75, 3.05) is 16.4 Å². The summed E-state index contributed by atoms with van der Waals surface area (Å²) in [6.07, 6.45) is 4.40. The van der Waals surface area contributed by atoms with Gasteiger partial charge in [0.1, 0.15) is 0 Å². The van der Waals surface area contributed by atoms with E-state index in [2.05, 4.69) is 10.6 Å². The molecule has 2 unspecified atom stereocenters. The lowest BCUT2D eigenvalue weighted by molar-refractivity contribution is -0.146. The first-order valence-electron chi connectivity index (χ1n) is 9.81. The molecular formula is C23H23ClN2O4S. The molecule has 162 valence electrons. The molecule has 6 nitrogen and oxygen atoms in total. The third-order valence-electron chi connectivity index (χ3n) is 5.03. The number of allylic oxidation sites excluding steroid dienone is 2. The Morgan fingerprint density at radius 3 is 2.55 bits per heavy atom. The van der Waals surface area contributed by atoms with Gasteiger partial charge in [0.2, 0.25) is 11.8 Å². The maximum absolute atomic E-state index is 12.6. The minimum atomic E-state index is -0.963. The van der Waals surface area contributed by atoms with Crippen LogP contribution in [0.3, 0.4) is 0 Å². The number of carbonyl (C=O) groups is 3. The van der Waals surface area contributed by atoms with Crippen molar-refractivity contribution in [3.8, 4) is 0 Å². The van der Waals surface area contributed by atoms with Gasteiger partial charge in [-0.15, -0.1) is 11.8 Å². The summed E-state index contributed by atoms with van der Waals surface area (Å²) in [5, 5.41) is 15.6. The lowest BCUT2D eigenvalue weighted by atomic mass is 9.82. The van der Waals surface area contributed by atoms with Crippen LogP contribution in [0.25, 0.3) is 0 Å². The molecule has 1 aliphatic rings. The van der Waals surface area contributed by atoms with E-state index >= 15 is 0 Å². The monoisotopic (exact) mass is 458 g/mol. The highest BCUT2D eigenvalue weighted by molar-refractivity contribution is 8.00. The van der Waals surface area contributed by atoms with Crippen molar-refractivity contribution in [2.45, 2.75) is 24.7 Å². The van der Waals surface area contributed by atoms with Crippen LogP contribution < -0.4 is 10.6 Å². The van der Waals surface area contributed by atoms with Crippen LogP contribution in [0.15, 0.2) is 59.5 Å². The first kappa shape index (κ1) is 22.9. The number of anilines is 2. The fourth-order valence-corrected chi connectivity index (χ4v) is 4.27. The molecule has 0 heterocycles. The second-order valence-corrected chi connectivity index (χ2v) is 8.79. The molecule has 2 aromatic carbocycles. The van der Waals surface area contributed by atoms with Crippen molar-refractivity contribution < 1.29 is 19.5 Å². The fourth-order valence-electron chi connectivity index (χ4n) is 3.34. The van der Waals surface area contributed by atoms with E-state index in [0.717, 1.165) is 10.5 Å².